The van der Waals surface area contributed by atoms with E-state index in [1.807, 2.05) is 10.6 Å². The van der Waals surface area contributed by atoms with Gasteiger partial charge in [0.25, 0.3) is 30.4 Å². The SMILES string of the molecule is Cn1cccc1C(=O)[N+]1(C)c2c(S(=O)(=O)O)cc3cc(S(=O)(=O)O)cc(c3c2S(=O)(=O)O)NC(=O)Nc2cc(S(=O)(=O)O)cc3c1c(S(=O)(=O)O)cc(S(=O)(=O)O)c23. The predicted molar refractivity (Wildman–Crippen MR) is 197 cm³/mol. The molecule has 8 N–H and O–H groups in total. The van der Waals surface area contributed by atoms with Crippen LogP contribution in [0.2, 0.25) is 0 Å². The van der Waals surface area contributed by atoms with Gasteiger partial charge in [0.15, 0.2) is 26.1 Å². The van der Waals surface area contributed by atoms with E-state index >= 15 is 4.79 Å². The molecular formula is C28H23N4O20S6+. The minimum Gasteiger partial charge on any atom is -0.343 e. The topological polar surface area (TPSA) is 389 Å². The van der Waals surface area contributed by atoms with Crippen LogP contribution in [0.3, 0.4) is 0 Å². The highest BCUT2D eigenvalue weighted by Gasteiger charge is 2.52. The average Bonchev–Trinajstić information content (AvgIpc) is 3.48. The fourth-order valence-corrected chi connectivity index (χ4v) is 11.2. The van der Waals surface area contributed by atoms with Crippen LogP contribution in [-0.4, -0.2) is 101 Å². The number of quaternary nitrogens is 1. The number of rotatable bonds is 7. The summed E-state index contributed by atoms with van der Waals surface area (Å²) in [6.45, 7) is 0. The summed E-state index contributed by atoms with van der Waals surface area (Å²) in [4.78, 5) is 19.2. The third-order valence-electron chi connectivity index (χ3n) is 8.86. The first-order valence-corrected chi connectivity index (χ1v) is 23.6. The van der Waals surface area contributed by atoms with E-state index in [-0.39, 0.29) is 18.2 Å². The lowest BCUT2D eigenvalue weighted by atomic mass is 10.0. The Bertz CT molecular complexity index is 3450. The van der Waals surface area contributed by atoms with Crippen molar-refractivity contribution in [1.82, 2.24) is 9.05 Å². The Morgan fingerprint density at radius 1 is 0.603 bits per heavy atom. The van der Waals surface area contributed by atoms with E-state index in [2.05, 4.69) is 0 Å². The Morgan fingerprint density at radius 2 is 1.09 bits per heavy atom. The van der Waals surface area contributed by atoms with Gasteiger partial charge in [-0.1, -0.05) is 0 Å². The van der Waals surface area contributed by atoms with E-state index in [4.69, 9.17) is 0 Å². The van der Waals surface area contributed by atoms with Gasteiger partial charge in [-0.2, -0.15) is 55.0 Å². The van der Waals surface area contributed by atoms with Crippen LogP contribution >= 0.6 is 0 Å². The lowest BCUT2D eigenvalue weighted by Crippen LogP contribution is -2.49. The summed E-state index contributed by atoms with van der Waals surface area (Å²) in [6.07, 6.45) is 1.16. The molecule has 0 aliphatic carbocycles. The average molecular weight is 928 g/mol. The molecule has 6 bridgehead atoms. The van der Waals surface area contributed by atoms with Crippen molar-refractivity contribution >= 4 is 117 Å². The second kappa shape index (κ2) is 13.0. The quantitative estimate of drug-likeness (QED) is 0.0853. The molecule has 24 nitrogen and oxygen atoms in total. The van der Waals surface area contributed by atoms with E-state index in [1.54, 1.807) is 0 Å². The van der Waals surface area contributed by atoms with Crippen LogP contribution in [0.15, 0.2) is 84.1 Å². The molecule has 6 rings (SSSR count). The number of carbonyl (C=O) groups excluding carboxylic acids is 2. The van der Waals surface area contributed by atoms with E-state index in [9.17, 15) is 82.6 Å². The van der Waals surface area contributed by atoms with Crippen molar-refractivity contribution < 1.29 is 87.4 Å². The fraction of sp³-hybridized carbons (Fsp3) is 0.0714. The van der Waals surface area contributed by atoms with E-state index in [0.717, 1.165) is 29.9 Å². The number of hydrogen-bond acceptors (Lipinski definition) is 14. The Hall–Kier alpha value is -4.96. The van der Waals surface area contributed by atoms with Gasteiger partial charge in [0.1, 0.15) is 10.6 Å². The van der Waals surface area contributed by atoms with E-state index in [0.29, 0.717) is 25.2 Å². The minimum absolute atomic E-state index is 0.0514. The van der Waals surface area contributed by atoms with Crippen LogP contribution in [-0.2, 0) is 67.8 Å². The van der Waals surface area contributed by atoms with E-state index < -0.39 is 156 Å². The molecule has 58 heavy (non-hydrogen) atoms. The van der Waals surface area contributed by atoms with Gasteiger partial charge < -0.3 is 15.2 Å². The number of aryl methyl sites for hydroxylation is 1. The van der Waals surface area contributed by atoms with Crippen molar-refractivity contribution in [3.8, 4) is 0 Å². The first-order valence-electron chi connectivity index (χ1n) is 14.9. The van der Waals surface area contributed by atoms with Gasteiger partial charge in [-0.15, -0.1) is 0 Å². The highest BCUT2D eigenvalue weighted by Crippen LogP contribution is 2.54. The molecular weight excluding hydrogens is 905 g/mol. The number of benzene rings is 4. The molecule has 5 aromatic rings. The van der Waals surface area contributed by atoms with Gasteiger partial charge in [-0.25, -0.2) is 9.59 Å². The lowest BCUT2D eigenvalue weighted by molar-refractivity contribution is 0.0846. The molecule has 1 atom stereocenters. The third kappa shape index (κ3) is 7.01. The van der Waals surface area contributed by atoms with Crippen LogP contribution in [0.25, 0.3) is 21.5 Å². The van der Waals surface area contributed by atoms with Gasteiger partial charge in [0.05, 0.1) is 33.6 Å². The normalized spacial score (nSPS) is 16.9. The molecule has 1 aromatic heterocycles. The zero-order chi connectivity index (χ0) is 43.7. The minimum atomic E-state index is -6.22. The Kier molecular flexibility index (Phi) is 9.57. The highest BCUT2D eigenvalue weighted by molar-refractivity contribution is 7.88. The van der Waals surface area contributed by atoms with Gasteiger partial charge in [-0.3, -0.25) is 27.3 Å². The Labute approximate surface area is 326 Å². The Balaban J connectivity index is 2.17. The van der Waals surface area contributed by atoms with Crippen molar-refractivity contribution in [1.29, 1.82) is 0 Å². The summed E-state index contributed by atoms with van der Waals surface area (Å²) in [6, 6.07) is 1.86. The third-order valence-corrected chi connectivity index (χ3v) is 14.0. The number of urea groups is 1. The van der Waals surface area contributed by atoms with Gasteiger partial charge in [0.2, 0.25) is 0 Å². The van der Waals surface area contributed by atoms with Gasteiger partial charge in [-0.05, 0) is 53.9 Å². The maximum Gasteiger partial charge on any atom is 0.372 e. The summed E-state index contributed by atoms with van der Waals surface area (Å²) < 4.78 is 218. The van der Waals surface area contributed by atoms with Crippen molar-refractivity contribution in [2.75, 3.05) is 17.7 Å². The number of hydrogen-bond donors (Lipinski definition) is 8. The standard InChI is InChI=1S/C28H22N4O20S6/c1-31-5-3-4-18(31)27(33)32(2)24-15-8-14(54(38,39)40)10-17(23(15)19(55(41,42)43)11-21(24)57(47,48)49)30-28(34)29-16-9-13(53(35,36)37)6-12-7-20(56(44,45)46)25(32)26(22(12)16)58(50,51)52/h3-11H,1-2H3,(H7-,29,30,34,35,36,37,38,39,40,41,42,43,44,45,46,47,48,49,50,51,52)/p+1. The molecule has 0 saturated heterocycles. The number of fused-ring (bicyclic) bond motifs is 1. The van der Waals surface area contributed by atoms with Gasteiger partial charge >= 0.3 is 42.3 Å². The molecule has 0 fully saturated rings. The number of nitrogens with zero attached hydrogens (tertiary/aromatic N) is 2. The molecule has 30 heteroatoms. The second-order valence-electron chi connectivity index (χ2n) is 12.5. The Morgan fingerprint density at radius 3 is 1.53 bits per heavy atom. The first-order chi connectivity index (χ1) is 26.2. The summed E-state index contributed by atoms with van der Waals surface area (Å²) in [7, 11) is -33.7. The summed E-state index contributed by atoms with van der Waals surface area (Å²) in [5.41, 5.74) is -6.14. The van der Waals surface area contributed by atoms with Gasteiger partial charge in [0, 0.05) is 24.0 Å². The van der Waals surface area contributed by atoms with Crippen LogP contribution in [0, 0.1) is 0 Å². The molecule has 3 amide bonds. The zero-order valence-corrected chi connectivity index (χ0v) is 33.3. The molecule has 1 unspecified atom stereocenters. The summed E-state index contributed by atoms with van der Waals surface area (Å²) >= 11 is 0. The molecule has 4 aromatic carbocycles. The van der Waals surface area contributed by atoms with Crippen molar-refractivity contribution in [3.63, 3.8) is 0 Å². The number of anilines is 2. The largest absolute Gasteiger partial charge is 0.372 e. The number of carbonyl (C=O) groups is 2. The first kappa shape index (κ1) is 42.6. The predicted octanol–water partition coefficient (Wildman–Crippen LogP) is 1.88. The summed E-state index contributed by atoms with van der Waals surface area (Å²) in [5, 5.41) is -0.751. The van der Waals surface area contributed by atoms with Crippen LogP contribution < -0.4 is 15.1 Å². The molecule has 1 aliphatic rings. The van der Waals surface area contributed by atoms with Crippen molar-refractivity contribution in [3.05, 3.63) is 60.4 Å². The van der Waals surface area contributed by atoms with Crippen LogP contribution in [0.5, 0.6) is 0 Å². The zero-order valence-electron chi connectivity index (χ0n) is 28.4. The number of aromatic nitrogens is 1. The van der Waals surface area contributed by atoms with Crippen molar-refractivity contribution in [2.45, 2.75) is 29.4 Å². The molecule has 1 aliphatic heterocycles. The molecule has 0 saturated carbocycles. The summed E-state index contributed by atoms with van der Waals surface area (Å²) in [5.74, 6) is -1.70. The lowest BCUT2D eigenvalue weighted by Gasteiger charge is -2.35. The second-order valence-corrected chi connectivity index (χ2v) is 20.9. The van der Waals surface area contributed by atoms with Crippen LogP contribution in [0.1, 0.15) is 10.5 Å². The van der Waals surface area contributed by atoms with E-state index in [1.165, 1.54) is 0 Å². The molecule has 0 spiro atoms. The monoisotopic (exact) mass is 927 g/mol. The number of nitrogens with one attached hydrogen (secondary N) is 2. The highest BCUT2D eigenvalue weighted by atomic mass is 32.2. The molecule has 0 radical (unpaired) electrons. The van der Waals surface area contributed by atoms with Crippen LogP contribution in [0.4, 0.5) is 27.5 Å². The molecule has 2 heterocycles. The smallest absolute Gasteiger partial charge is 0.343 e. The molecule has 310 valence electrons. The fourth-order valence-electron chi connectivity index (χ4n) is 6.64. The number of amides is 3. The van der Waals surface area contributed by atoms with Crippen molar-refractivity contribution in [2.24, 2.45) is 7.05 Å². The maximum absolute atomic E-state index is 15.2. The maximum atomic E-state index is 15.2.